The molecular weight excluding hydrogens is 474 g/mol. The Balaban J connectivity index is 1.78. The van der Waals surface area contributed by atoms with Crippen LogP contribution in [0.4, 0.5) is 0 Å². The van der Waals surface area contributed by atoms with Crippen molar-refractivity contribution in [2.24, 2.45) is 0 Å². The lowest BCUT2D eigenvalue weighted by molar-refractivity contribution is -0.141. The standard InChI is InChI=1S/C27H35N5O5/c1-19-25(34)29-14-6-16-32(26(35)21-7-4-13-28-18-21)15-5-8-24(33)30-23(27(36)31(19)2)17-20-9-11-22(37-3)12-10-20/h4,7,9-13,18-19,23H,5-6,8,14-17H2,1-3H3,(H,29,34)(H,30,33)/t19-,23-/m0/s1. The third-order valence-corrected chi connectivity index (χ3v) is 6.47. The molecule has 1 aromatic carbocycles. The number of pyridine rings is 1. The number of likely N-dealkylation sites (N-methyl/N-ethyl adjacent to an activating group) is 1. The molecule has 1 saturated heterocycles. The van der Waals surface area contributed by atoms with Crippen LogP contribution < -0.4 is 15.4 Å². The summed E-state index contributed by atoms with van der Waals surface area (Å²) in [4.78, 5) is 59.1. The molecule has 1 aliphatic heterocycles. The summed E-state index contributed by atoms with van der Waals surface area (Å²) in [5.74, 6) is -0.430. The minimum Gasteiger partial charge on any atom is -0.497 e. The van der Waals surface area contributed by atoms with E-state index in [0.717, 1.165) is 5.56 Å². The second-order valence-corrected chi connectivity index (χ2v) is 9.08. The molecule has 0 aliphatic carbocycles. The molecule has 2 atom stereocenters. The zero-order valence-corrected chi connectivity index (χ0v) is 21.6. The Morgan fingerprint density at radius 3 is 2.51 bits per heavy atom. The number of amides is 4. The maximum absolute atomic E-state index is 13.4. The minimum atomic E-state index is -0.848. The van der Waals surface area contributed by atoms with Gasteiger partial charge in [-0.05, 0) is 49.6 Å². The molecule has 4 amide bonds. The third-order valence-electron chi connectivity index (χ3n) is 6.47. The number of nitrogens with one attached hydrogen (secondary N) is 2. The summed E-state index contributed by atoms with van der Waals surface area (Å²) in [6, 6.07) is 9.08. The Morgan fingerprint density at radius 1 is 1.11 bits per heavy atom. The highest BCUT2D eigenvalue weighted by atomic mass is 16.5. The lowest BCUT2D eigenvalue weighted by Gasteiger charge is -2.29. The maximum Gasteiger partial charge on any atom is 0.255 e. The first kappa shape index (κ1) is 27.6. The molecule has 3 rings (SSSR count). The SMILES string of the molecule is COc1ccc(C[C@@H]2NC(=O)CCCN(C(=O)c3cccnc3)CCCNC(=O)[C@H](C)N(C)C2=O)cc1. The van der Waals surface area contributed by atoms with Gasteiger partial charge in [-0.2, -0.15) is 0 Å². The van der Waals surface area contributed by atoms with E-state index in [1.54, 1.807) is 56.4 Å². The summed E-state index contributed by atoms with van der Waals surface area (Å²) in [7, 11) is 3.14. The fourth-order valence-corrected chi connectivity index (χ4v) is 4.12. The summed E-state index contributed by atoms with van der Waals surface area (Å²) in [6.45, 7) is 2.78. The van der Waals surface area contributed by atoms with Crippen molar-refractivity contribution in [2.75, 3.05) is 33.8 Å². The average Bonchev–Trinajstić information content (AvgIpc) is 2.92. The summed E-state index contributed by atoms with van der Waals surface area (Å²) < 4.78 is 5.20. The van der Waals surface area contributed by atoms with E-state index in [9.17, 15) is 19.2 Å². The van der Waals surface area contributed by atoms with Gasteiger partial charge in [0.15, 0.2) is 0 Å². The third kappa shape index (κ3) is 7.77. The smallest absolute Gasteiger partial charge is 0.255 e. The number of aromatic nitrogens is 1. The number of hydrogen-bond donors (Lipinski definition) is 2. The van der Waals surface area contributed by atoms with Crippen LogP contribution in [-0.2, 0) is 20.8 Å². The van der Waals surface area contributed by atoms with Crippen LogP contribution in [0, 0.1) is 0 Å². The summed E-state index contributed by atoms with van der Waals surface area (Å²) in [6.07, 6.45) is 4.50. The van der Waals surface area contributed by atoms with Gasteiger partial charge in [0.25, 0.3) is 5.91 Å². The summed E-state index contributed by atoms with van der Waals surface area (Å²) in [5.41, 5.74) is 1.31. The maximum atomic E-state index is 13.4. The van der Waals surface area contributed by atoms with Gasteiger partial charge in [0, 0.05) is 51.9 Å². The van der Waals surface area contributed by atoms with E-state index >= 15 is 0 Å². The van der Waals surface area contributed by atoms with E-state index in [0.29, 0.717) is 43.8 Å². The van der Waals surface area contributed by atoms with Crippen LogP contribution in [0.15, 0.2) is 48.8 Å². The monoisotopic (exact) mass is 509 g/mol. The number of methoxy groups -OCH3 is 1. The number of carbonyl (C=O) groups excluding carboxylic acids is 4. The van der Waals surface area contributed by atoms with Crippen LogP contribution in [0.3, 0.4) is 0 Å². The highest BCUT2D eigenvalue weighted by molar-refractivity contribution is 5.94. The molecule has 0 unspecified atom stereocenters. The van der Waals surface area contributed by atoms with Crippen molar-refractivity contribution in [1.29, 1.82) is 0 Å². The van der Waals surface area contributed by atoms with Crippen molar-refractivity contribution in [3.63, 3.8) is 0 Å². The van der Waals surface area contributed by atoms with Gasteiger partial charge in [-0.3, -0.25) is 24.2 Å². The fourth-order valence-electron chi connectivity index (χ4n) is 4.12. The van der Waals surface area contributed by atoms with Crippen LogP contribution >= 0.6 is 0 Å². The van der Waals surface area contributed by atoms with Gasteiger partial charge >= 0.3 is 0 Å². The van der Waals surface area contributed by atoms with Gasteiger partial charge in [-0.15, -0.1) is 0 Å². The topological polar surface area (TPSA) is 121 Å². The van der Waals surface area contributed by atoms with E-state index in [4.69, 9.17) is 4.74 Å². The molecule has 10 heteroatoms. The molecule has 2 heterocycles. The zero-order chi connectivity index (χ0) is 26.8. The molecule has 1 aromatic heterocycles. The van der Waals surface area contributed by atoms with E-state index in [1.165, 1.54) is 11.1 Å². The van der Waals surface area contributed by atoms with Gasteiger partial charge in [0.1, 0.15) is 17.8 Å². The lowest BCUT2D eigenvalue weighted by Crippen LogP contribution is -2.54. The average molecular weight is 510 g/mol. The molecule has 0 radical (unpaired) electrons. The van der Waals surface area contributed by atoms with Crippen molar-refractivity contribution in [3.8, 4) is 5.75 Å². The lowest BCUT2D eigenvalue weighted by atomic mass is 10.0. The molecular formula is C27H35N5O5. The molecule has 0 spiro atoms. The van der Waals surface area contributed by atoms with Crippen LogP contribution in [0.25, 0.3) is 0 Å². The van der Waals surface area contributed by atoms with Gasteiger partial charge < -0.3 is 25.2 Å². The van der Waals surface area contributed by atoms with Gasteiger partial charge in [-0.1, -0.05) is 12.1 Å². The van der Waals surface area contributed by atoms with E-state index in [-0.39, 0.29) is 36.5 Å². The second-order valence-electron chi connectivity index (χ2n) is 9.08. The van der Waals surface area contributed by atoms with Crippen LogP contribution in [0.1, 0.15) is 42.1 Å². The first-order valence-electron chi connectivity index (χ1n) is 12.5. The van der Waals surface area contributed by atoms with Crippen LogP contribution in [-0.4, -0.2) is 84.3 Å². The molecule has 2 N–H and O–H groups in total. The van der Waals surface area contributed by atoms with Crippen LogP contribution in [0.2, 0.25) is 0 Å². The Morgan fingerprint density at radius 2 is 1.84 bits per heavy atom. The first-order valence-corrected chi connectivity index (χ1v) is 12.5. The van der Waals surface area contributed by atoms with Gasteiger partial charge in [0.2, 0.25) is 17.7 Å². The van der Waals surface area contributed by atoms with Crippen molar-refractivity contribution >= 4 is 23.6 Å². The number of rotatable bonds is 4. The van der Waals surface area contributed by atoms with E-state index < -0.39 is 12.1 Å². The normalized spacial score (nSPS) is 20.4. The molecule has 10 nitrogen and oxygen atoms in total. The number of benzene rings is 1. The molecule has 0 saturated carbocycles. The Bertz CT molecular complexity index is 1080. The highest BCUT2D eigenvalue weighted by Gasteiger charge is 2.30. The molecule has 2 aromatic rings. The quantitative estimate of drug-likeness (QED) is 0.643. The molecule has 37 heavy (non-hydrogen) atoms. The summed E-state index contributed by atoms with van der Waals surface area (Å²) in [5, 5.41) is 5.70. The molecule has 0 bridgehead atoms. The highest BCUT2D eigenvalue weighted by Crippen LogP contribution is 2.15. The minimum absolute atomic E-state index is 0.152. The predicted molar refractivity (Wildman–Crippen MR) is 138 cm³/mol. The number of hydrogen-bond acceptors (Lipinski definition) is 6. The largest absolute Gasteiger partial charge is 0.497 e. The van der Waals surface area contributed by atoms with E-state index in [2.05, 4.69) is 15.6 Å². The molecule has 198 valence electrons. The molecule has 1 aliphatic rings. The zero-order valence-electron chi connectivity index (χ0n) is 21.6. The fraction of sp³-hybridized carbons (Fsp3) is 0.444. The van der Waals surface area contributed by atoms with Gasteiger partial charge in [0.05, 0.1) is 12.7 Å². The van der Waals surface area contributed by atoms with Crippen molar-refractivity contribution in [1.82, 2.24) is 25.4 Å². The number of carbonyl (C=O) groups is 4. The van der Waals surface area contributed by atoms with Crippen LogP contribution in [0.5, 0.6) is 5.75 Å². The van der Waals surface area contributed by atoms with Crippen molar-refractivity contribution in [2.45, 2.75) is 44.7 Å². The van der Waals surface area contributed by atoms with E-state index in [1.807, 2.05) is 12.1 Å². The number of ether oxygens (including phenoxy) is 1. The van der Waals surface area contributed by atoms with Crippen molar-refractivity contribution < 1.29 is 23.9 Å². The Kier molecular flexibility index (Phi) is 10.00. The molecule has 1 fully saturated rings. The van der Waals surface area contributed by atoms with Crippen molar-refractivity contribution in [3.05, 3.63) is 59.9 Å². The Labute approximate surface area is 217 Å². The Hall–Kier alpha value is -3.95. The predicted octanol–water partition coefficient (Wildman–Crippen LogP) is 1.41. The van der Waals surface area contributed by atoms with Gasteiger partial charge in [-0.25, -0.2) is 0 Å². The number of nitrogens with zero attached hydrogens (tertiary/aromatic N) is 3. The first-order chi connectivity index (χ1) is 17.8. The summed E-state index contributed by atoms with van der Waals surface area (Å²) >= 11 is 0. The second kappa shape index (κ2) is 13.4.